The SMILES string of the molecule is C#CCC(N)C(=O)N1CCC(CC(N)=O)CC1. The molecule has 1 unspecified atom stereocenters. The van der Waals surface area contributed by atoms with Gasteiger partial charge in [-0.2, -0.15) is 0 Å². The molecule has 1 atom stereocenters. The molecule has 0 bridgehead atoms. The Hall–Kier alpha value is -1.54. The number of primary amides is 1. The maximum Gasteiger partial charge on any atom is 0.240 e. The maximum absolute atomic E-state index is 11.8. The van der Waals surface area contributed by atoms with E-state index in [4.69, 9.17) is 17.9 Å². The Balaban J connectivity index is 2.39. The van der Waals surface area contributed by atoms with Gasteiger partial charge in [0.15, 0.2) is 0 Å². The fourth-order valence-electron chi connectivity index (χ4n) is 2.09. The zero-order valence-corrected chi connectivity index (χ0v) is 9.89. The van der Waals surface area contributed by atoms with Crippen molar-refractivity contribution in [2.75, 3.05) is 13.1 Å². The Morgan fingerprint density at radius 3 is 2.47 bits per heavy atom. The minimum Gasteiger partial charge on any atom is -0.370 e. The largest absolute Gasteiger partial charge is 0.370 e. The van der Waals surface area contributed by atoms with E-state index >= 15 is 0 Å². The van der Waals surface area contributed by atoms with E-state index < -0.39 is 6.04 Å². The Bertz CT molecular complexity index is 327. The molecule has 0 spiro atoms. The van der Waals surface area contributed by atoms with Crippen molar-refractivity contribution >= 4 is 11.8 Å². The van der Waals surface area contributed by atoms with Gasteiger partial charge in [-0.05, 0) is 18.8 Å². The second-order valence-corrected chi connectivity index (χ2v) is 4.45. The number of piperidine rings is 1. The number of carbonyl (C=O) groups is 2. The lowest BCUT2D eigenvalue weighted by Gasteiger charge is -2.32. The van der Waals surface area contributed by atoms with Crippen molar-refractivity contribution in [1.82, 2.24) is 4.90 Å². The number of nitrogens with zero attached hydrogens (tertiary/aromatic N) is 1. The van der Waals surface area contributed by atoms with Crippen molar-refractivity contribution in [1.29, 1.82) is 0 Å². The molecule has 0 saturated carbocycles. The van der Waals surface area contributed by atoms with Crippen molar-refractivity contribution in [3.8, 4) is 12.3 Å². The quantitative estimate of drug-likeness (QED) is 0.643. The maximum atomic E-state index is 11.8. The Morgan fingerprint density at radius 1 is 1.41 bits per heavy atom. The normalized spacial score (nSPS) is 18.5. The zero-order valence-electron chi connectivity index (χ0n) is 9.89. The summed E-state index contributed by atoms with van der Waals surface area (Å²) < 4.78 is 0. The summed E-state index contributed by atoms with van der Waals surface area (Å²) in [7, 11) is 0. The van der Waals surface area contributed by atoms with Gasteiger partial charge in [-0.25, -0.2) is 0 Å². The highest BCUT2D eigenvalue weighted by Crippen LogP contribution is 2.20. The van der Waals surface area contributed by atoms with Crippen molar-refractivity contribution < 1.29 is 9.59 Å². The average Bonchev–Trinajstić information content (AvgIpc) is 2.28. The molecule has 1 aliphatic heterocycles. The van der Waals surface area contributed by atoms with Crippen molar-refractivity contribution in [2.24, 2.45) is 17.4 Å². The lowest BCUT2D eigenvalue weighted by atomic mass is 9.93. The lowest BCUT2D eigenvalue weighted by molar-refractivity contribution is -0.134. The molecule has 2 amide bonds. The number of hydrogen-bond donors (Lipinski definition) is 2. The van der Waals surface area contributed by atoms with Gasteiger partial charge in [-0.3, -0.25) is 9.59 Å². The molecular formula is C12H19N3O2. The van der Waals surface area contributed by atoms with E-state index in [2.05, 4.69) is 5.92 Å². The number of nitrogens with two attached hydrogens (primary N) is 2. The average molecular weight is 237 g/mol. The third-order valence-electron chi connectivity index (χ3n) is 3.07. The first kappa shape index (κ1) is 13.5. The van der Waals surface area contributed by atoms with Crippen molar-refractivity contribution in [3.05, 3.63) is 0 Å². The molecule has 1 rings (SSSR count). The van der Waals surface area contributed by atoms with Gasteiger partial charge in [0.1, 0.15) is 0 Å². The summed E-state index contributed by atoms with van der Waals surface area (Å²) in [5.74, 6) is 2.31. The lowest BCUT2D eigenvalue weighted by Crippen LogP contribution is -2.47. The third kappa shape index (κ3) is 4.08. The summed E-state index contributed by atoms with van der Waals surface area (Å²) >= 11 is 0. The van der Waals surface area contributed by atoms with E-state index in [0.717, 1.165) is 12.8 Å². The van der Waals surface area contributed by atoms with Gasteiger partial charge in [0.05, 0.1) is 6.04 Å². The Kier molecular flexibility index (Phi) is 4.98. The standard InChI is InChI=1S/C12H19N3O2/c1-2-3-10(13)12(17)15-6-4-9(5-7-15)8-11(14)16/h1,9-10H,3-8,13H2,(H2,14,16). The zero-order chi connectivity index (χ0) is 12.8. The number of rotatable bonds is 4. The van der Waals surface area contributed by atoms with E-state index in [9.17, 15) is 9.59 Å². The van der Waals surface area contributed by atoms with Crippen LogP contribution in [0.5, 0.6) is 0 Å². The van der Waals surface area contributed by atoms with Crippen LogP contribution in [0.3, 0.4) is 0 Å². The highest BCUT2D eigenvalue weighted by Gasteiger charge is 2.26. The predicted octanol–water partition coefficient (Wildman–Crippen LogP) is -0.549. The molecule has 1 aliphatic rings. The molecule has 1 heterocycles. The smallest absolute Gasteiger partial charge is 0.240 e. The fourth-order valence-corrected chi connectivity index (χ4v) is 2.09. The van der Waals surface area contributed by atoms with Crippen LogP contribution in [0.1, 0.15) is 25.7 Å². The van der Waals surface area contributed by atoms with Crippen LogP contribution >= 0.6 is 0 Å². The van der Waals surface area contributed by atoms with E-state index in [1.165, 1.54) is 0 Å². The van der Waals surface area contributed by atoms with E-state index in [1.54, 1.807) is 4.90 Å². The summed E-state index contributed by atoms with van der Waals surface area (Å²) in [5, 5.41) is 0. The molecular weight excluding hydrogens is 218 g/mol. The molecule has 17 heavy (non-hydrogen) atoms. The molecule has 0 aromatic carbocycles. The first-order valence-electron chi connectivity index (χ1n) is 5.80. The van der Waals surface area contributed by atoms with E-state index in [0.29, 0.717) is 25.4 Å². The minimum absolute atomic E-state index is 0.0968. The number of likely N-dealkylation sites (tertiary alicyclic amines) is 1. The molecule has 5 nitrogen and oxygen atoms in total. The van der Waals surface area contributed by atoms with Gasteiger partial charge < -0.3 is 16.4 Å². The van der Waals surface area contributed by atoms with Crippen LogP contribution in [0.25, 0.3) is 0 Å². The number of terminal acetylenes is 1. The Labute approximate surface area is 102 Å². The first-order valence-corrected chi connectivity index (χ1v) is 5.80. The fraction of sp³-hybridized carbons (Fsp3) is 0.667. The predicted molar refractivity (Wildman–Crippen MR) is 64.5 cm³/mol. The van der Waals surface area contributed by atoms with Crippen LogP contribution in [0, 0.1) is 18.3 Å². The number of amides is 2. The van der Waals surface area contributed by atoms with Crippen LogP contribution in [0.4, 0.5) is 0 Å². The van der Waals surface area contributed by atoms with Gasteiger partial charge in [0, 0.05) is 25.9 Å². The molecule has 0 aromatic rings. The van der Waals surface area contributed by atoms with Gasteiger partial charge in [-0.1, -0.05) is 0 Å². The highest BCUT2D eigenvalue weighted by molar-refractivity contribution is 5.82. The van der Waals surface area contributed by atoms with Crippen molar-refractivity contribution in [2.45, 2.75) is 31.7 Å². The summed E-state index contributed by atoms with van der Waals surface area (Å²) in [5.41, 5.74) is 10.8. The van der Waals surface area contributed by atoms with Crippen LogP contribution in [-0.4, -0.2) is 35.8 Å². The van der Waals surface area contributed by atoms with Gasteiger partial charge in [-0.15, -0.1) is 12.3 Å². The molecule has 5 heteroatoms. The third-order valence-corrected chi connectivity index (χ3v) is 3.07. The molecule has 1 saturated heterocycles. The second-order valence-electron chi connectivity index (χ2n) is 4.45. The molecule has 0 radical (unpaired) electrons. The topological polar surface area (TPSA) is 89.4 Å². The summed E-state index contributed by atoms with van der Waals surface area (Å²) in [6.45, 7) is 1.27. The Morgan fingerprint density at radius 2 is 2.00 bits per heavy atom. The molecule has 94 valence electrons. The summed E-state index contributed by atoms with van der Waals surface area (Å²) in [6.07, 6.45) is 7.39. The van der Waals surface area contributed by atoms with Crippen molar-refractivity contribution in [3.63, 3.8) is 0 Å². The second kappa shape index (κ2) is 6.26. The molecule has 0 aliphatic carbocycles. The van der Waals surface area contributed by atoms with Crippen LogP contribution < -0.4 is 11.5 Å². The number of carbonyl (C=O) groups excluding carboxylic acids is 2. The van der Waals surface area contributed by atoms with Crippen LogP contribution in [0.15, 0.2) is 0 Å². The van der Waals surface area contributed by atoms with Crippen LogP contribution in [0.2, 0.25) is 0 Å². The van der Waals surface area contributed by atoms with E-state index in [-0.39, 0.29) is 18.2 Å². The van der Waals surface area contributed by atoms with Gasteiger partial charge in [0.25, 0.3) is 0 Å². The van der Waals surface area contributed by atoms with Crippen LogP contribution in [-0.2, 0) is 9.59 Å². The van der Waals surface area contributed by atoms with E-state index in [1.807, 2.05) is 0 Å². The molecule has 4 N–H and O–H groups in total. The summed E-state index contributed by atoms with van der Waals surface area (Å²) in [6, 6.07) is -0.604. The van der Waals surface area contributed by atoms with Gasteiger partial charge >= 0.3 is 0 Å². The van der Waals surface area contributed by atoms with Gasteiger partial charge in [0.2, 0.25) is 11.8 Å². The first-order chi connectivity index (χ1) is 8.04. The molecule has 1 fully saturated rings. The molecule has 0 aromatic heterocycles. The minimum atomic E-state index is -0.604. The summed E-state index contributed by atoms with van der Waals surface area (Å²) in [4.78, 5) is 24.3. The number of hydrogen-bond acceptors (Lipinski definition) is 3. The monoisotopic (exact) mass is 237 g/mol. The highest BCUT2D eigenvalue weighted by atomic mass is 16.2.